The van der Waals surface area contributed by atoms with Crippen LogP contribution in [0.15, 0.2) is 0 Å². The minimum atomic E-state index is -2.10. The maximum absolute atomic E-state index is 6.39. The Hall–Kier alpha value is 0.314. The highest BCUT2D eigenvalue weighted by molar-refractivity contribution is 6.78. The topological polar surface area (TPSA) is 27.7 Å². The zero-order valence-corrected chi connectivity index (χ0v) is 21.7. The number of hydrogen-bond donors (Lipinski definition) is 0. The van der Waals surface area contributed by atoms with Gasteiger partial charge in [0.1, 0.15) is 0 Å². The molecule has 0 aromatic heterocycles. The lowest BCUT2D eigenvalue weighted by Crippen LogP contribution is -2.49. The van der Waals surface area contributed by atoms with E-state index in [1.807, 2.05) is 0 Å². The summed E-state index contributed by atoms with van der Waals surface area (Å²) in [5.41, 5.74) is 0. The number of hydrogen-bond acceptors (Lipinski definition) is 3. The Labute approximate surface area is 173 Å². The van der Waals surface area contributed by atoms with Crippen LogP contribution in [0.5, 0.6) is 0 Å². The number of unbranched alkanes of at least 4 members (excludes halogenated alkanes) is 9. The highest BCUT2D eigenvalue weighted by atomic mass is 28.5. The second-order valence-corrected chi connectivity index (χ2v) is 15.9. The molecule has 3 nitrogen and oxygen atoms in total. The molecule has 0 aliphatic rings. The molecule has 0 aromatic rings. The molecule has 0 bridgehead atoms. The van der Waals surface area contributed by atoms with Crippen LogP contribution in [0, 0.1) is 5.92 Å². The maximum Gasteiger partial charge on any atom is 0.322 e. The van der Waals surface area contributed by atoms with E-state index < -0.39 is 17.1 Å². The van der Waals surface area contributed by atoms with Crippen molar-refractivity contribution in [2.45, 2.75) is 124 Å². The molecule has 164 valence electrons. The first kappa shape index (κ1) is 27.3. The summed E-state index contributed by atoms with van der Waals surface area (Å²) in [7, 11) is -4.19. The monoisotopic (exact) mass is 418 g/mol. The van der Waals surface area contributed by atoms with Gasteiger partial charge in [-0.3, -0.25) is 0 Å². The molecule has 27 heavy (non-hydrogen) atoms. The van der Waals surface area contributed by atoms with Crippen LogP contribution in [0.2, 0.25) is 26.2 Å². The lowest BCUT2D eigenvalue weighted by Gasteiger charge is -2.33. The van der Waals surface area contributed by atoms with Crippen molar-refractivity contribution < 1.29 is 13.0 Å². The summed E-state index contributed by atoms with van der Waals surface area (Å²) in [4.78, 5) is 0. The van der Waals surface area contributed by atoms with Gasteiger partial charge in [-0.1, -0.05) is 91.4 Å². The maximum atomic E-state index is 6.39. The first-order valence-electron chi connectivity index (χ1n) is 11.7. The van der Waals surface area contributed by atoms with Crippen LogP contribution >= 0.6 is 0 Å². The van der Waals surface area contributed by atoms with Gasteiger partial charge in [-0.05, 0) is 38.5 Å². The van der Waals surface area contributed by atoms with Crippen LogP contribution < -0.4 is 0 Å². The predicted molar refractivity (Wildman–Crippen MR) is 124 cm³/mol. The smallest absolute Gasteiger partial charge is 0.322 e. The summed E-state index contributed by atoms with van der Waals surface area (Å²) < 4.78 is 18.7. The van der Waals surface area contributed by atoms with Gasteiger partial charge >= 0.3 is 17.1 Å². The third-order valence-corrected chi connectivity index (χ3v) is 11.0. The summed E-state index contributed by atoms with van der Waals surface area (Å²) in [6, 6.07) is 0. The molecule has 0 atom stereocenters. The molecule has 0 spiro atoms. The van der Waals surface area contributed by atoms with Crippen molar-refractivity contribution in [3.05, 3.63) is 0 Å². The summed E-state index contributed by atoms with van der Waals surface area (Å²) in [5, 5.41) is 0. The molecular weight excluding hydrogens is 368 g/mol. The average Bonchev–Trinajstić information content (AvgIpc) is 2.59. The molecular formula is C22H50O3Si2. The second-order valence-electron chi connectivity index (χ2n) is 8.93. The third-order valence-electron chi connectivity index (χ3n) is 5.26. The molecule has 0 fully saturated rings. The molecule has 0 heterocycles. The SMILES string of the molecule is CCCCCCCCCCCCO[Si](C)(C)O[Si](C)(C)OCC(CC)CC. The molecule has 0 aromatic carbocycles. The normalized spacial score (nSPS) is 12.9. The zero-order chi connectivity index (χ0) is 20.6. The molecule has 0 saturated carbocycles. The van der Waals surface area contributed by atoms with E-state index in [0.29, 0.717) is 5.92 Å². The fraction of sp³-hybridized carbons (Fsp3) is 1.00. The van der Waals surface area contributed by atoms with Crippen LogP contribution in [0.3, 0.4) is 0 Å². The van der Waals surface area contributed by atoms with Gasteiger partial charge in [0.25, 0.3) is 0 Å². The zero-order valence-electron chi connectivity index (χ0n) is 19.7. The van der Waals surface area contributed by atoms with E-state index in [2.05, 4.69) is 47.0 Å². The minimum absolute atomic E-state index is 0.651. The van der Waals surface area contributed by atoms with Crippen molar-refractivity contribution in [3.8, 4) is 0 Å². The molecule has 0 rings (SSSR count). The summed E-state index contributed by atoms with van der Waals surface area (Å²) >= 11 is 0. The Morgan fingerprint density at radius 3 is 1.52 bits per heavy atom. The van der Waals surface area contributed by atoms with Crippen molar-refractivity contribution in [3.63, 3.8) is 0 Å². The fourth-order valence-electron chi connectivity index (χ4n) is 3.40. The van der Waals surface area contributed by atoms with Crippen LogP contribution in [0.1, 0.15) is 97.8 Å². The minimum Gasteiger partial charge on any atom is -0.415 e. The van der Waals surface area contributed by atoms with E-state index in [1.165, 1.54) is 70.6 Å². The standard InChI is InChI=1S/C22H50O3Si2/c1-8-11-12-13-14-15-16-17-18-19-20-23-26(4,5)25-27(6,7)24-21-22(9-2)10-3/h22H,8-21H2,1-7H3. The van der Waals surface area contributed by atoms with Gasteiger partial charge in [0.05, 0.1) is 0 Å². The Kier molecular flexibility index (Phi) is 16.3. The third kappa shape index (κ3) is 16.9. The van der Waals surface area contributed by atoms with Gasteiger partial charge in [-0.2, -0.15) is 0 Å². The molecule has 0 aliphatic heterocycles. The Morgan fingerprint density at radius 2 is 1.04 bits per heavy atom. The van der Waals surface area contributed by atoms with E-state index in [1.54, 1.807) is 0 Å². The first-order valence-corrected chi connectivity index (χ1v) is 17.4. The lowest BCUT2D eigenvalue weighted by molar-refractivity contribution is 0.168. The van der Waals surface area contributed by atoms with Crippen LogP contribution in [0.25, 0.3) is 0 Å². The van der Waals surface area contributed by atoms with Crippen molar-refractivity contribution in [2.24, 2.45) is 5.92 Å². The largest absolute Gasteiger partial charge is 0.415 e. The molecule has 0 radical (unpaired) electrons. The van der Waals surface area contributed by atoms with Crippen molar-refractivity contribution >= 4 is 17.1 Å². The summed E-state index contributed by atoms with van der Waals surface area (Å²) in [6.07, 6.45) is 15.9. The van der Waals surface area contributed by atoms with Gasteiger partial charge in [-0.15, -0.1) is 0 Å². The van der Waals surface area contributed by atoms with E-state index in [4.69, 9.17) is 13.0 Å². The predicted octanol–water partition coefficient (Wildman–Crippen LogP) is 7.80. The first-order chi connectivity index (χ1) is 12.8. The second kappa shape index (κ2) is 16.1. The van der Waals surface area contributed by atoms with Crippen molar-refractivity contribution in [2.75, 3.05) is 13.2 Å². The average molecular weight is 419 g/mol. The van der Waals surface area contributed by atoms with Crippen LogP contribution in [-0.2, 0) is 13.0 Å². The molecule has 0 aliphatic carbocycles. The summed E-state index contributed by atoms with van der Waals surface area (Å²) in [5.74, 6) is 0.651. The number of rotatable bonds is 19. The molecule has 0 saturated heterocycles. The highest BCUT2D eigenvalue weighted by Gasteiger charge is 2.36. The van der Waals surface area contributed by atoms with Gasteiger partial charge in [-0.25, -0.2) is 0 Å². The fourth-order valence-corrected chi connectivity index (χ4v) is 9.88. The Bertz CT molecular complexity index is 332. The van der Waals surface area contributed by atoms with E-state index in [9.17, 15) is 0 Å². The van der Waals surface area contributed by atoms with E-state index in [-0.39, 0.29) is 0 Å². The van der Waals surface area contributed by atoms with Crippen LogP contribution in [0.4, 0.5) is 0 Å². The van der Waals surface area contributed by atoms with Crippen molar-refractivity contribution in [1.29, 1.82) is 0 Å². The van der Waals surface area contributed by atoms with E-state index >= 15 is 0 Å². The van der Waals surface area contributed by atoms with Gasteiger partial charge in [0.2, 0.25) is 0 Å². The summed E-state index contributed by atoms with van der Waals surface area (Å²) in [6.45, 7) is 17.1. The molecule has 5 heteroatoms. The van der Waals surface area contributed by atoms with Crippen molar-refractivity contribution in [1.82, 2.24) is 0 Å². The Morgan fingerprint density at radius 1 is 0.593 bits per heavy atom. The van der Waals surface area contributed by atoms with Gasteiger partial charge < -0.3 is 13.0 Å². The highest BCUT2D eigenvalue weighted by Crippen LogP contribution is 2.20. The van der Waals surface area contributed by atoms with Crippen LogP contribution in [-0.4, -0.2) is 30.3 Å². The quantitative estimate of drug-likeness (QED) is 0.158. The molecule has 0 N–H and O–H groups in total. The molecule has 0 unspecified atom stereocenters. The lowest BCUT2D eigenvalue weighted by atomic mass is 10.1. The van der Waals surface area contributed by atoms with Gasteiger partial charge in [0.15, 0.2) is 0 Å². The Balaban J connectivity index is 3.77. The molecule has 0 amide bonds. The van der Waals surface area contributed by atoms with E-state index in [0.717, 1.165) is 19.6 Å². The van der Waals surface area contributed by atoms with Gasteiger partial charge in [0, 0.05) is 13.2 Å².